The summed E-state index contributed by atoms with van der Waals surface area (Å²) >= 11 is 0. The Labute approximate surface area is 79.1 Å². The van der Waals surface area contributed by atoms with Gasteiger partial charge in [-0.3, -0.25) is 9.79 Å². The molecule has 1 N–H and O–H groups in total. The fourth-order valence-corrected chi connectivity index (χ4v) is 1.12. The molecule has 0 amide bonds. The van der Waals surface area contributed by atoms with E-state index in [1.54, 1.807) is 6.08 Å². The van der Waals surface area contributed by atoms with Crippen molar-refractivity contribution in [3.05, 3.63) is 21.1 Å². The molecule has 14 heavy (non-hydrogen) atoms. The summed E-state index contributed by atoms with van der Waals surface area (Å²) in [6.07, 6.45) is 2.61. The zero-order valence-corrected chi connectivity index (χ0v) is 7.69. The van der Waals surface area contributed by atoms with Crippen molar-refractivity contribution < 1.29 is 0 Å². The van der Waals surface area contributed by atoms with Crippen molar-refractivity contribution in [3.63, 3.8) is 0 Å². The molecule has 1 aromatic heterocycles. The third kappa shape index (κ3) is 1.46. The summed E-state index contributed by atoms with van der Waals surface area (Å²) in [5.41, 5.74) is -0.326. The molecular weight excluding hydrogens is 182 g/mol. The van der Waals surface area contributed by atoms with Gasteiger partial charge in [0.1, 0.15) is 5.35 Å². The lowest BCUT2D eigenvalue weighted by atomic mass is 10.5. The lowest BCUT2D eigenvalue weighted by molar-refractivity contribution is 0.803. The van der Waals surface area contributed by atoms with E-state index in [0.717, 1.165) is 6.42 Å². The SMILES string of the molecule is CCCN=C1C=c2nn[nH]c(=O)c2=N1. The molecule has 72 valence electrons. The first-order valence-corrected chi connectivity index (χ1v) is 4.37. The molecule has 0 fully saturated rings. The second-order valence-electron chi connectivity index (χ2n) is 2.87. The first-order chi connectivity index (χ1) is 6.81. The number of rotatable bonds is 2. The van der Waals surface area contributed by atoms with Crippen LogP contribution in [-0.2, 0) is 0 Å². The van der Waals surface area contributed by atoms with Gasteiger partial charge in [0.25, 0.3) is 5.56 Å². The van der Waals surface area contributed by atoms with Gasteiger partial charge in [-0.05, 0) is 6.42 Å². The molecule has 6 heteroatoms. The van der Waals surface area contributed by atoms with Crippen molar-refractivity contribution in [2.24, 2.45) is 9.98 Å². The number of aromatic nitrogens is 3. The van der Waals surface area contributed by atoms with Gasteiger partial charge in [0.15, 0.2) is 11.2 Å². The van der Waals surface area contributed by atoms with Crippen molar-refractivity contribution >= 4 is 11.9 Å². The Bertz CT molecular complexity index is 542. The molecule has 0 atom stereocenters. The first kappa shape index (κ1) is 8.74. The average Bonchev–Trinajstić information content (AvgIpc) is 2.59. The molecule has 0 saturated carbocycles. The third-order valence-corrected chi connectivity index (χ3v) is 1.76. The summed E-state index contributed by atoms with van der Waals surface area (Å²) in [4.78, 5) is 19.4. The maximum absolute atomic E-state index is 11.2. The van der Waals surface area contributed by atoms with Crippen LogP contribution in [0.25, 0.3) is 6.08 Å². The number of fused-ring (bicyclic) bond motifs is 1. The molecule has 0 saturated heterocycles. The summed E-state index contributed by atoms with van der Waals surface area (Å²) in [5, 5.41) is 10.2. The highest BCUT2D eigenvalue weighted by atomic mass is 16.1. The van der Waals surface area contributed by atoms with Gasteiger partial charge in [-0.15, -0.1) is 5.10 Å². The van der Waals surface area contributed by atoms with Crippen LogP contribution in [0.3, 0.4) is 0 Å². The first-order valence-electron chi connectivity index (χ1n) is 4.37. The number of hydrogen-bond acceptors (Lipinski definition) is 4. The highest BCUT2D eigenvalue weighted by Crippen LogP contribution is 1.87. The molecular formula is C8H9N5O. The second-order valence-corrected chi connectivity index (χ2v) is 2.87. The van der Waals surface area contributed by atoms with E-state index in [-0.39, 0.29) is 5.56 Å². The number of nitrogens with one attached hydrogen (secondary N) is 1. The van der Waals surface area contributed by atoms with Crippen LogP contribution in [0.4, 0.5) is 0 Å². The maximum atomic E-state index is 11.2. The van der Waals surface area contributed by atoms with Crippen LogP contribution in [0, 0.1) is 0 Å². The Morgan fingerprint density at radius 3 is 3.14 bits per heavy atom. The summed E-state index contributed by atoms with van der Waals surface area (Å²) in [7, 11) is 0. The molecule has 1 aliphatic heterocycles. The van der Waals surface area contributed by atoms with E-state index in [1.165, 1.54) is 0 Å². The van der Waals surface area contributed by atoms with Gasteiger partial charge in [-0.2, -0.15) is 0 Å². The minimum absolute atomic E-state index is 0.301. The molecule has 0 aromatic carbocycles. The Morgan fingerprint density at radius 1 is 1.57 bits per heavy atom. The molecule has 0 radical (unpaired) electrons. The minimum Gasteiger partial charge on any atom is -0.267 e. The fraction of sp³-hybridized carbons (Fsp3) is 0.375. The van der Waals surface area contributed by atoms with E-state index in [1.807, 2.05) is 6.92 Å². The Kier molecular flexibility index (Phi) is 2.18. The van der Waals surface area contributed by atoms with Crippen LogP contribution in [0.15, 0.2) is 14.8 Å². The summed E-state index contributed by atoms with van der Waals surface area (Å²) < 4.78 is 0. The Hall–Kier alpha value is -1.85. The number of hydrogen-bond donors (Lipinski definition) is 1. The zero-order valence-electron chi connectivity index (χ0n) is 7.69. The van der Waals surface area contributed by atoms with E-state index in [0.29, 0.717) is 23.1 Å². The number of nitrogens with zero attached hydrogens (tertiary/aromatic N) is 4. The van der Waals surface area contributed by atoms with Crippen molar-refractivity contribution in [1.82, 2.24) is 15.4 Å². The molecule has 1 aliphatic rings. The molecule has 2 rings (SSSR count). The molecule has 0 aliphatic carbocycles. The van der Waals surface area contributed by atoms with Crippen LogP contribution in [-0.4, -0.2) is 27.8 Å². The normalized spacial score (nSPS) is 16.2. The predicted molar refractivity (Wildman–Crippen MR) is 50.5 cm³/mol. The van der Waals surface area contributed by atoms with Gasteiger partial charge in [0.05, 0.1) is 0 Å². The van der Waals surface area contributed by atoms with Gasteiger partial charge in [0, 0.05) is 12.6 Å². The van der Waals surface area contributed by atoms with E-state index in [4.69, 9.17) is 0 Å². The summed E-state index contributed by atoms with van der Waals surface area (Å²) in [6.45, 7) is 2.73. The van der Waals surface area contributed by atoms with Gasteiger partial charge in [0.2, 0.25) is 0 Å². The van der Waals surface area contributed by atoms with E-state index >= 15 is 0 Å². The number of aliphatic imine (C=N–C) groups is 1. The predicted octanol–water partition coefficient (Wildman–Crippen LogP) is -1.61. The smallest absolute Gasteiger partial charge is 0.267 e. The molecule has 6 nitrogen and oxygen atoms in total. The molecule has 0 spiro atoms. The van der Waals surface area contributed by atoms with Crippen molar-refractivity contribution in [2.45, 2.75) is 13.3 Å². The lowest BCUT2D eigenvalue weighted by Gasteiger charge is -1.86. The van der Waals surface area contributed by atoms with Crippen LogP contribution in [0.5, 0.6) is 0 Å². The highest BCUT2D eigenvalue weighted by molar-refractivity contribution is 6.10. The van der Waals surface area contributed by atoms with Crippen LogP contribution in [0.2, 0.25) is 0 Å². The number of aromatic amines is 1. The molecule has 0 unspecified atom stereocenters. The lowest BCUT2D eigenvalue weighted by Crippen LogP contribution is -2.42. The van der Waals surface area contributed by atoms with Crippen molar-refractivity contribution in [1.29, 1.82) is 0 Å². The summed E-state index contributed by atoms with van der Waals surface area (Å²) in [6, 6.07) is 0. The topological polar surface area (TPSA) is 83.4 Å². The maximum Gasteiger partial charge on any atom is 0.293 e. The van der Waals surface area contributed by atoms with Crippen LogP contribution >= 0.6 is 0 Å². The minimum atomic E-state index is -0.326. The number of amidine groups is 1. The third-order valence-electron chi connectivity index (χ3n) is 1.76. The zero-order chi connectivity index (χ0) is 9.97. The van der Waals surface area contributed by atoms with E-state index in [9.17, 15) is 4.79 Å². The highest BCUT2D eigenvalue weighted by Gasteiger charge is 2.05. The monoisotopic (exact) mass is 191 g/mol. The fourth-order valence-electron chi connectivity index (χ4n) is 1.12. The molecule has 0 bridgehead atoms. The standard InChI is InChI=1S/C8H9N5O/c1-2-3-9-6-4-5-7(10-6)8(14)12-13-11-5/h4H,2-3H2,1H3,(H,11,12,14). The van der Waals surface area contributed by atoms with E-state index in [2.05, 4.69) is 25.4 Å². The quantitative estimate of drug-likeness (QED) is 0.610. The summed E-state index contributed by atoms with van der Waals surface area (Å²) in [5.74, 6) is 0.549. The van der Waals surface area contributed by atoms with Crippen LogP contribution in [0.1, 0.15) is 13.3 Å². The van der Waals surface area contributed by atoms with Crippen LogP contribution < -0.4 is 16.3 Å². The van der Waals surface area contributed by atoms with Gasteiger partial charge in [-0.1, -0.05) is 12.1 Å². The Balaban J connectivity index is 2.54. The molecule has 2 heterocycles. The largest absolute Gasteiger partial charge is 0.293 e. The molecule has 1 aromatic rings. The van der Waals surface area contributed by atoms with E-state index < -0.39 is 0 Å². The van der Waals surface area contributed by atoms with Crippen molar-refractivity contribution in [3.8, 4) is 0 Å². The Morgan fingerprint density at radius 2 is 2.43 bits per heavy atom. The second kappa shape index (κ2) is 3.49. The van der Waals surface area contributed by atoms with Gasteiger partial charge in [-0.25, -0.2) is 10.1 Å². The number of H-pyrrole nitrogens is 1. The van der Waals surface area contributed by atoms with Crippen molar-refractivity contribution in [2.75, 3.05) is 6.54 Å². The van der Waals surface area contributed by atoms with Gasteiger partial charge >= 0.3 is 0 Å². The average molecular weight is 191 g/mol. The van der Waals surface area contributed by atoms with Gasteiger partial charge < -0.3 is 0 Å².